The van der Waals surface area contributed by atoms with Gasteiger partial charge in [-0.25, -0.2) is 26.3 Å². The standard InChI is InChI=1S/C17H22F5N3O3S/c1-11(2)23-29(27,28)12-3-4-14(18)13(9-12)15(26)25-7-5-24(6-8-25)10-17(21,22)16(19)20/h3-4,9,11,16,23H,5-8,10H2,1-2H3. The molecule has 0 aromatic heterocycles. The van der Waals surface area contributed by atoms with Gasteiger partial charge in [0.15, 0.2) is 0 Å². The van der Waals surface area contributed by atoms with Crippen LogP contribution in [-0.2, 0) is 10.0 Å². The van der Waals surface area contributed by atoms with Crippen LogP contribution in [-0.4, -0.2) is 75.2 Å². The highest BCUT2D eigenvalue weighted by molar-refractivity contribution is 7.89. The lowest BCUT2D eigenvalue weighted by molar-refractivity contribution is -0.144. The van der Waals surface area contributed by atoms with Crippen molar-refractivity contribution in [3.8, 4) is 0 Å². The molecule has 1 heterocycles. The van der Waals surface area contributed by atoms with E-state index in [1.807, 2.05) is 0 Å². The Morgan fingerprint density at radius 1 is 1.17 bits per heavy atom. The fourth-order valence-corrected chi connectivity index (χ4v) is 4.14. The Kier molecular flexibility index (Phi) is 7.23. The third-order valence-corrected chi connectivity index (χ3v) is 5.94. The number of carbonyl (C=O) groups excluding carboxylic acids is 1. The summed E-state index contributed by atoms with van der Waals surface area (Å²) in [5.74, 6) is -5.89. The molecule has 6 nitrogen and oxygen atoms in total. The first-order valence-corrected chi connectivity index (χ1v) is 10.3. The number of hydrogen-bond acceptors (Lipinski definition) is 4. The number of amides is 1. The van der Waals surface area contributed by atoms with E-state index in [1.165, 1.54) is 4.90 Å². The van der Waals surface area contributed by atoms with Gasteiger partial charge in [0.1, 0.15) is 5.82 Å². The summed E-state index contributed by atoms with van der Waals surface area (Å²) in [6.07, 6.45) is -3.79. The molecule has 1 aromatic carbocycles. The summed E-state index contributed by atoms with van der Waals surface area (Å²) in [7, 11) is -3.95. The average Bonchev–Trinajstić information content (AvgIpc) is 2.60. The molecule has 0 saturated carbocycles. The smallest absolute Gasteiger partial charge is 0.319 e. The number of nitrogens with zero attached hydrogens (tertiary/aromatic N) is 2. The van der Waals surface area contributed by atoms with Crippen molar-refractivity contribution in [3.63, 3.8) is 0 Å². The monoisotopic (exact) mass is 443 g/mol. The molecule has 1 aliphatic rings. The summed E-state index contributed by atoms with van der Waals surface area (Å²) in [6, 6.07) is 2.39. The fraction of sp³-hybridized carbons (Fsp3) is 0.588. The number of rotatable bonds is 7. The van der Waals surface area contributed by atoms with Crippen LogP contribution in [0.4, 0.5) is 22.0 Å². The molecule has 1 N–H and O–H groups in total. The number of nitrogens with one attached hydrogen (secondary N) is 1. The second kappa shape index (κ2) is 8.92. The normalized spacial score (nSPS) is 16.7. The van der Waals surface area contributed by atoms with Gasteiger partial charge < -0.3 is 4.90 Å². The van der Waals surface area contributed by atoms with Gasteiger partial charge in [0.2, 0.25) is 10.0 Å². The molecule has 0 bridgehead atoms. The van der Waals surface area contributed by atoms with E-state index in [2.05, 4.69) is 4.72 Å². The number of halogens is 5. The van der Waals surface area contributed by atoms with Crippen molar-refractivity contribution in [1.29, 1.82) is 0 Å². The highest BCUT2D eigenvalue weighted by atomic mass is 32.2. The second-order valence-corrected chi connectivity index (χ2v) is 8.76. The first-order chi connectivity index (χ1) is 13.3. The van der Waals surface area contributed by atoms with Gasteiger partial charge in [0.05, 0.1) is 17.0 Å². The maximum absolute atomic E-state index is 14.2. The predicted octanol–water partition coefficient (Wildman–Crippen LogP) is 2.17. The second-order valence-electron chi connectivity index (χ2n) is 7.05. The van der Waals surface area contributed by atoms with Gasteiger partial charge in [0, 0.05) is 32.2 Å². The summed E-state index contributed by atoms with van der Waals surface area (Å²) in [5, 5.41) is 0. The Morgan fingerprint density at radius 2 is 1.76 bits per heavy atom. The molecule has 2 rings (SSSR count). The van der Waals surface area contributed by atoms with Crippen LogP contribution in [0.25, 0.3) is 0 Å². The maximum atomic E-state index is 14.2. The van der Waals surface area contributed by atoms with Crippen LogP contribution in [0.15, 0.2) is 23.1 Å². The zero-order valence-corrected chi connectivity index (χ0v) is 16.7. The molecule has 164 valence electrons. The van der Waals surface area contributed by atoms with Gasteiger partial charge in [-0.05, 0) is 32.0 Å². The molecule has 1 amide bonds. The van der Waals surface area contributed by atoms with Crippen molar-refractivity contribution in [1.82, 2.24) is 14.5 Å². The molecule has 1 aliphatic heterocycles. The summed E-state index contributed by atoms with van der Waals surface area (Å²) in [4.78, 5) is 14.6. The number of alkyl halides is 4. The van der Waals surface area contributed by atoms with Crippen LogP contribution in [0.3, 0.4) is 0 Å². The molecule has 1 fully saturated rings. The topological polar surface area (TPSA) is 69.7 Å². The van der Waals surface area contributed by atoms with Crippen molar-refractivity contribution < 1.29 is 35.2 Å². The molecular formula is C17H22F5N3O3S. The lowest BCUT2D eigenvalue weighted by atomic mass is 10.1. The zero-order valence-electron chi connectivity index (χ0n) is 15.8. The van der Waals surface area contributed by atoms with Crippen molar-refractivity contribution >= 4 is 15.9 Å². The maximum Gasteiger partial charge on any atom is 0.319 e. The number of hydrogen-bond donors (Lipinski definition) is 1. The Balaban J connectivity index is 2.11. The minimum atomic E-state index is -4.16. The summed E-state index contributed by atoms with van der Waals surface area (Å²) in [6.45, 7) is 1.70. The lowest BCUT2D eigenvalue weighted by Crippen LogP contribution is -2.52. The van der Waals surface area contributed by atoms with Crippen LogP contribution in [0.2, 0.25) is 0 Å². The summed E-state index contributed by atoms with van der Waals surface area (Å²) < 4.78 is 91.9. The molecule has 0 radical (unpaired) electrons. The van der Waals surface area contributed by atoms with Crippen LogP contribution >= 0.6 is 0 Å². The first kappa shape index (κ1) is 23.5. The Labute approximate surface area is 165 Å². The number of sulfonamides is 1. The Bertz CT molecular complexity index is 841. The van der Waals surface area contributed by atoms with E-state index in [-0.39, 0.29) is 31.1 Å². The quantitative estimate of drug-likeness (QED) is 0.656. The molecule has 0 atom stereocenters. The van der Waals surface area contributed by atoms with Crippen LogP contribution < -0.4 is 4.72 Å². The highest BCUT2D eigenvalue weighted by Gasteiger charge is 2.42. The number of piperazine rings is 1. The van der Waals surface area contributed by atoms with Gasteiger partial charge >= 0.3 is 12.3 Å². The SMILES string of the molecule is CC(C)NS(=O)(=O)c1ccc(F)c(C(=O)N2CCN(CC(F)(F)C(F)F)CC2)c1. The van der Waals surface area contributed by atoms with Gasteiger partial charge in [-0.3, -0.25) is 9.69 Å². The molecule has 0 spiro atoms. The van der Waals surface area contributed by atoms with Crippen molar-refractivity contribution in [3.05, 3.63) is 29.6 Å². The van der Waals surface area contributed by atoms with Gasteiger partial charge in [-0.15, -0.1) is 0 Å². The van der Waals surface area contributed by atoms with Gasteiger partial charge in [0.25, 0.3) is 5.91 Å². The molecule has 1 saturated heterocycles. The lowest BCUT2D eigenvalue weighted by Gasteiger charge is -2.36. The Morgan fingerprint density at radius 3 is 2.28 bits per heavy atom. The van der Waals surface area contributed by atoms with E-state index < -0.39 is 52.2 Å². The average molecular weight is 443 g/mol. The minimum absolute atomic E-state index is 0.0845. The van der Waals surface area contributed by atoms with E-state index in [9.17, 15) is 35.2 Å². The van der Waals surface area contributed by atoms with E-state index in [0.29, 0.717) is 0 Å². The molecular weight excluding hydrogens is 421 g/mol. The van der Waals surface area contributed by atoms with E-state index in [4.69, 9.17) is 0 Å². The van der Waals surface area contributed by atoms with E-state index in [0.717, 1.165) is 23.1 Å². The molecule has 0 aliphatic carbocycles. The first-order valence-electron chi connectivity index (χ1n) is 8.83. The van der Waals surface area contributed by atoms with Crippen molar-refractivity contribution in [2.45, 2.75) is 37.1 Å². The van der Waals surface area contributed by atoms with Crippen LogP contribution in [0, 0.1) is 5.82 Å². The summed E-state index contributed by atoms with van der Waals surface area (Å²) >= 11 is 0. The fourth-order valence-electron chi connectivity index (χ4n) is 2.86. The van der Waals surface area contributed by atoms with E-state index in [1.54, 1.807) is 13.8 Å². The van der Waals surface area contributed by atoms with Crippen molar-refractivity contribution in [2.75, 3.05) is 32.7 Å². The Hall–Kier alpha value is -1.79. The van der Waals surface area contributed by atoms with Gasteiger partial charge in [-0.2, -0.15) is 8.78 Å². The molecule has 29 heavy (non-hydrogen) atoms. The van der Waals surface area contributed by atoms with Crippen LogP contribution in [0.5, 0.6) is 0 Å². The minimum Gasteiger partial charge on any atom is -0.336 e. The van der Waals surface area contributed by atoms with E-state index >= 15 is 0 Å². The largest absolute Gasteiger partial charge is 0.336 e. The zero-order chi connectivity index (χ0) is 22.0. The molecule has 12 heteroatoms. The summed E-state index contributed by atoms with van der Waals surface area (Å²) in [5.41, 5.74) is -0.469. The predicted molar refractivity (Wildman–Crippen MR) is 95.2 cm³/mol. The third kappa shape index (κ3) is 5.86. The highest BCUT2D eigenvalue weighted by Crippen LogP contribution is 2.25. The molecule has 1 aromatic rings. The third-order valence-electron chi connectivity index (χ3n) is 4.28. The number of carbonyl (C=O) groups is 1. The molecule has 0 unspecified atom stereocenters. The number of benzene rings is 1. The van der Waals surface area contributed by atoms with Crippen molar-refractivity contribution in [2.24, 2.45) is 0 Å². The van der Waals surface area contributed by atoms with Gasteiger partial charge in [-0.1, -0.05) is 0 Å². The van der Waals surface area contributed by atoms with Crippen LogP contribution in [0.1, 0.15) is 24.2 Å².